The molecule has 1 aliphatic rings. The maximum Gasteiger partial charge on any atom is 0.298 e. The molecule has 1 saturated heterocycles. The number of anilines is 1. The average molecular weight is 387 g/mol. The number of benzene rings is 1. The molecule has 2 aromatic heterocycles. The van der Waals surface area contributed by atoms with Crippen LogP contribution in [0.15, 0.2) is 28.8 Å². The molecule has 1 atom stereocenters. The number of aromatic nitrogens is 2. The molecule has 1 aliphatic heterocycles. The summed E-state index contributed by atoms with van der Waals surface area (Å²) in [5.41, 5.74) is 1.50. The summed E-state index contributed by atoms with van der Waals surface area (Å²) >= 11 is 1.45. The van der Waals surface area contributed by atoms with E-state index >= 15 is 0 Å². The molecule has 3 heterocycles. The zero-order valence-electron chi connectivity index (χ0n) is 15.3. The molecular weight excluding hydrogens is 366 g/mol. The van der Waals surface area contributed by atoms with Crippen LogP contribution in [0.1, 0.15) is 36.0 Å². The summed E-state index contributed by atoms with van der Waals surface area (Å²) in [6, 6.07) is 7.40. The van der Waals surface area contributed by atoms with Gasteiger partial charge in [0, 0.05) is 12.7 Å². The van der Waals surface area contributed by atoms with E-state index in [1.807, 2.05) is 25.1 Å². The van der Waals surface area contributed by atoms with Crippen molar-refractivity contribution in [2.45, 2.75) is 32.8 Å². The highest BCUT2D eigenvalue weighted by molar-refractivity contribution is 7.22. The Hall–Kier alpha value is -2.45. The predicted molar refractivity (Wildman–Crippen MR) is 103 cm³/mol. The van der Waals surface area contributed by atoms with E-state index in [9.17, 15) is 4.79 Å². The van der Waals surface area contributed by atoms with Crippen molar-refractivity contribution in [3.05, 3.63) is 35.7 Å². The molecule has 1 aromatic carbocycles. The van der Waals surface area contributed by atoms with Gasteiger partial charge in [-0.2, -0.15) is 0 Å². The molecular formula is C19H21N3O4S. The molecule has 8 heteroatoms. The lowest BCUT2D eigenvalue weighted by molar-refractivity contribution is 0.0887. The molecule has 1 unspecified atom stereocenters. The smallest absolute Gasteiger partial charge is 0.298 e. The number of amides is 1. The highest BCUT2D eigenvalue weighted by atomic mass is 32.1. The zero-order valence-corrected chi connectivity index (χ0v) is 16.1. The van der Waals surface area contributed by atoms with Crippen LogP contribution in [0.2, 0.25) is 0 Å². The van der Waals surface area contributed by atoms with Crippen LogP contribution in [0, 0.1) is 6.92 Å². The van der Waals surface area contributed by atoms with Gasteiger partial charge in [0.1, 0.15) is 5.75 Å². The largest absolute Gasteiger partial charge is 0.494 e. The van der Waals surface area contributed by atoms with Gasteiger partial charge in [0.15, 0.2) is 5.13 Å². The van der Waals surface area contributed by atoms with Crippen molar-refractivity contribution in [1.82, 2.24) is 10.1 Å². The number of ether oxygens (including phenoxy) is 2. The maximum absolute atomic E-state index is 13.1. The zero-order chi connectivity index (χ0) is 18.8. The normalized spacial score (nSPS) is 16.7. The molecule has 27 heavy (non-hydrogen) atoms. The SMILES string of the molecule is CCOc1ccc2nc(N(CC3CCCO3)C(=O)c3cc(C)no3)sc2c1. The number of carbonyl (C=O) groups excluding carboxylic acids is 1. The lowest BCUT2D eigenvalue weighted by Crippen LogP contribution is -2.37. The molecule has 3 aromatic rings. The number of nitrogens with zero attached hydrogens (tertiary/aromatic N) is 3. The van der Waals surface area contributed by atoms with Crippen LogP contribution in [0.3, 0.4) is 0 Å². The fourth-order valence-electron chi connectivity index (χ4n) is 3.10. The van der Waals surface area contributed by atoms with E-state index in [4.69, 9.17) is 14.0 Å². The van der Waals surface area contributed by atoms with Crippen LogP contribution in [0.4, 0.5) is 5.13 Å². The fraction of sp³-hybridized carbons (Fsp3) is 0.421. The van der Waals surface area contributed by atoms with E-state index in [2.05, 4.69) is 10.1 Å². The van der Waals surface area contributed by atoms with Gasteiger partial charge in [-0.3, -0.25) is 9.69 Å². The molecule has 1 amide bonds. The Labute approximate surface area is 160 Å². The van der Waals surface area contributed by atoms with Gasteiger partial charge in [0.05, 0.1) is 35.2 Å². The summed E-state index contributed by atoms with van der Waals surface area (Å²) in [6.45, 7) is 5.51. The monoisotopic (exact) mass is 387 g/mol. The average Bonchev–Trinajstić information content (AvgIpc) is 3.39. The Bertz CT molecular complexity index is 945. The van der Waals surface area contributed by atoms with Crippen LogP contribution in [0.25, 0.3) is 10.2 Å². The van der Waals surface area contributed by atoms with Crippen LogP contribution < -0.4 is 9.64 Å². The van der Waals surface area contributed by atoms with Gasteiger partial charge in [-0.05, 0) is 44.9 Å². The standard InChI is InChI=1S/C19H21N3O4S/c1-3-24-13-6-7-15-17(10-13)27-19(20-15)22(11-14-5-4-8-25-14)18(23)16-9-12(2)21-26-16/h6-7,9-10,14H,3-5,8,11H2,1-2H3. The van der Waals surface area contributed by atoms with Crippen molar-refractivity contribution in [2.75, 3.05) is 24.7 Å². The fourth-order valence-corrected chi connectivity index (χ4v) is 4.10. The summed E-state index contributed by atoms with van der Waals surface area (Å²) in [6.07, 6.45) is 1.94. The minimum atomic E-state index is -0.254. The molecule has 1 fully saturated rings. The topological polar surface area (TPSA) is 77.7 Å². The highest BCUT2D eigenvalue weighted by Crippen LogP contribution is 2.33. The van der Waals surface area contributed by atoms with Gasteiger partial charge in [0.2, 0.25) is 5.76 Å². The van der Waals surface area contributed by atoms with E-state index in [0.29, 0.717) is 24.0 Å². The minimum Gasteiger partial charge on any atom is -0.494 e. The molecule has 0 saturated carbocycles. The van der Waals surface area contributed by atoms with Crippen LogP contribution >= 0.6 is 11.3 Å². The van der Waals surface area contributed by atoms with Crippen molar-refractivity contribution in [3.8, 4) is 5.75 Å². The molecule has 0 bridgehead atoms. The van der Waals surface area contributed by atoms with E-state index in [1.54, 1.807) is 17.9 Å². The molecule has 4 rings (SSSR count). The van der Waals surface area contributed by atoms with Gasteiger partial charge in [-0.15, -0.1) is 0 Å². The second-order valence-corrected chi connectivity index (χ2v) is 7.45. The maximum atomic E-state index is 13.1. The lowest BCUT2D eigenvalue weighted by atomic mass is 10.2. The Morgan fingerprint density at radius 2 is 2.30 bits per heavy atom. The van der Waals surface area contributed by atoms with Gasteiger partial charge in [-0.25, -0.2) is 4.98 Å². The third kappa shape index (κ3) is 3.81. The number of fused-ring (bicyclic) bond motifs is 1. The first-order chi connectivity index (χ1) is 13.1. The van der Waals surface area contributed by atoms with Gasteiger partial charge < -0.3 is 14.0 Å². The van der Waals surface area contributed by atoms with E-state index < -0.39 is 0 Å². The van der Waals surface area contributed by atoms with E-state index in [1.165, 1.54) is 11.3 Å². The Kier molecular flexibility index (Phi) is 5.09. The molecule has 0 radical (unpaired) electrons. The van der Waals surface area contributed by atoms with E-state index in [0.717, 1.165) is 35.4 Å². The van der Waals surface area contributed by atoms with Gasteiger partial charge in [-0.1, -0.05) is 16.5 Å². The third-order valence-corrected chi connectivity index (χ3v) is 5.43. The Balaban J connectivity index is 1.68. The molecule has 7 nitrogen and oxygen atoms in total. The van der Waals surface area contributed by atoms with Crippen molar-refractivity contribution in [3.63, 3.8) is 0 Å². The quantitative estimate of drug-likeness (QED) is 0.640. The summed E-state index contributed by atoms with van der Waals surface area (Å²) < 4.78 is 17.5. The Morgan fingerprint density at radius 3 is 3.00 bits per heavy atom. The van der Waals surface area contributed by atoms with E-state index in [-0.39, 0.29) is 17.8 Å². The predicted octanol–water partition coefficient (Wildman–Crippen LogP) is 3.82. The lowest BCUT2D eigenvalue weighted by Gasteiger charge is -2.21. The number of rotatable bonds is 6. The molecule has 142 valence electrons. The van der Waals surface area contributed by atoms with Crippen LogP contribution in [-0.2, 0) is 4.74 Å². The first kappa shape index (κ1) is 17.9. The van der Waals surface area contributed by atoms with Crippen molar-refractivity contribution in [2.24, 2.45) is 0 Å². The van der Waals surface area contributed by atoms with Crippen LogP contribution in [0.5, 0.6) is 5.75 Å². The number of hydrogen-bond donors (Lipinski definition) is 0. The number of carbonyl (C=O) groups is 1. The third-order valence-electron chi connectivity index (χ3n) is 4.38. The summed E-state index contributed by atoms with van der Waals surface area (Å²) in [5.74, 6) is 0.748. The van der Waals surface area contributed by atoms with Crippen LogP contribution in [-0.4, -0.2) is 41.9 Å². The second kappa shape index (κ2) is 7.66. The van der Waals surface area contributed by atoms with Gasteiger partial charge >= 0.3 is 0 Å². The number of thiazole rings is 1. The Morgan fingerprint density at radius 1 is 1.41 bits per heavy atom. The second-order valence-electron chi connectivity index (χ2n) is 6.44. The minimum absolute atomic E-state index is 0.00367. The first-order valence-corrected chi connectivity index (χ1v) is 9.86. The number of hydrogen-bond acceptors (Lipinski definition) is 7. The molecule has 0 N–H and O–H groups in total. The summed E-state index contributed by atoms with van der Waals surface area (Å²) in [4.78, 5) is 19.4. The van der Waals surface area contributed by atoms with Crippen molar-refractivity contribution < 1.29 is 18.8 Å². The van der Waals surface area contributed by atoms with Crippen molar-refractivity contribution in [1.29, 1.82) is 0 Å². The first-order valence-electron chi connectivity index (χ1n) is 9.04. The summed E-state index contributed by atoms with van der Waals surface area (Å²) in [7, 11) is 0. The van der Waals surface area contributed by atoms with Gasteiger partial charge in [0.25, 0.3) is 5.91 Å². The molecule has 0 spiro atoms. The van der Waals surface area contributed by atoms with Crippen molar-refractivity contribution >= 4 is 32.6 Å². The summed E-state index contributed by atoms with van der Waals surface area (Å²) in [5, 5.41) is 4.45. The highest BCUT2D eigenvalue weighted by Gasteiger charge is 2.29. The number of aryl methyl sites for hydroxylation is 1. The molecule has 0 aliphatic carbocycles.